The van der Waals surface area contributed by atoms with Crippen molar-refractivity contribution in [1.82, 2.24) is 19.4 Å². The van der Waals surface area contributed by atoms with Crippen LogP contribution in [0.1, 0.15) is 10.4 Å². The normalized spacial score (nSPS) is 14.3. The molecule has 0 saturated carbocycles. The Morgan fingerprint density at radius 1 is 0.903 bits per heavy atom. The number of rotatable bonds is 3. The van der Waals surface area contributed by atoms with Crippen molar-refractivity contribution in [3.05, 3.63) is 76.8 Å². The predicted octanol–water partition coefficient (Wildman–Crippen LogP) is 2.13. The van der Waals surface area contributed by atoms with E-state index >= 15 is 0 Å². The van der Waals surface area contributed by atoms with E-state index in [1.165, 1.54) is 10.9 Å². The Hall–Kier alpha value is -3.94. The van der Waals surface area contributed by atoms with E-state index in [0.29, 0.717) is 42.8 Å². The number of amides is 2. The first-order valence-corrected chi connectivity index (χ1v) is 10.1. The molecule has 156 valence electrons. The molecule has 1 saturated heterocycles. The van der Waals surface area contributed by atoms with Crippen LogP contribution in [0, 0.1) is 0 Å². The first-order valence-electron chi connectivity index (χ1n) is 10.1. The molecule has 1 aliphatic heterocycles. The third kappa shape index (κ3) is 3.46. The molecule has 0 atom stereocenters. The van der Waals surface area contributed by atoms with Gasteiger partial charge in [0, 0.05) is 37.1 Å². The summed E-state index contributed by atoms with van der Waals surface area (Å²) < 4.78 is 6.94. The second kappa shape index (κ2) is 7.71. The SMILES string of the molecule is O=C(Cn1cnc2c(oc3ccccc32)c1=O)N1CCN(C(=O)c2ccccc2)CC1. The highest BCUT2D eigenvalue weighted by molar-refractivity contribution is 6.01. The molecular formula is C23H20N4O4. The van der Waals surface area contributed by atoms with Crippen LogP contribution in [0.15, 0.2) is 70.1 Å². The topological polar surface area (TPSA) is 88.6 Å². The molecule has 31 heavy (non-hydrogen) atoms. The van der Waals surface area contributed by atoms with E-state index in [0.717, 1.165) is 5.39 Å². The van der Waals surface area contributed by atoms with Crippen LogP contribution in [0.3, 0.4) is 0 Å². The number of carbonyl (C=O) groups excluding carboxylic acids is 2. The molecular weight excluding hydrogens is 396 g/mol. The van der Waals surface area contributed by atoms with Crippen LogP contribution in [0.2, 0.25) is 0 Å². The van der Waals surface area contributed by atoms with Crippen LogP contribution in [-0.2, 0) is 11.3 Å². The number of nitrogens with zero attached hydrogens (tertiary/aromatic N) is 4. The van der Waals surface area contributed by atoms with Gasteiger partial charge in [-0.25, -0.2) is 4.98 Å². The average Bonchev–Trinajstić information content (AvgIpc) is 3.20. The lowest BCUT2D eigenvalue weighted by Gasteiger charge is -2.34. The van der Waals surface area contributed by atoms with E-state index in [9.17, 15) is 14.4 Å². The summed E-state index contributed by atoms with van der Waals surface area (Å²) in [6, 6.07) is 16.4. The van der Waals surface area contributed by atoms with E-state index < -0.39 is 0 Å². The Morgan fingerprint density at radius 3 is 2.35 bits per heavy atom. The van der Waals surface area contributed by atoms with Gasteiger partial charge in [-0.2, -0.15) is 0 Å². The van der Waals surface area contributed by atoms with Crippen molar-refractivity contribution in [2.24, 2.45) is 0 Å². The fraction of sp³-hybridized carbons (Fsp3) is 0.217. The summed E-state index contributed by atoms with van der Waals surface area (Å²) in [5, 5.41) is 0.771. The van der Waals surface area contributed by atoms with Crippen LogP contribution in [0.4, 0.5) is 0 Å². The van der Waals surface area contributed by atoms with Gasteiger partial charge in [-0.05, 0) is 24.3 Å². The number of para-hydroxylation sites is 1. The van der Waals surface area contributed by atoms with Crippen molar-refractivity contribution < 1.29 is 14.0 Å². The minimum atomic E-state index is -0.382. The maximum atomic E-state index is 12.8. The lowest BCUT2D eigenvalue weighted by Crippen LogP contribution is -2.51. The zero-order valence-electron chi connectivity index (χ0n) is 16.7. The summed E-state index contributed by atoms with van der Waals surface area (Å²) in [5.41, 5.74) is 1.49. The minimum absolute atomic E-state index is 0.0385. The van der Waals surface area contributed by atoms with Crippen LogP contribution >= 0.6 is 0 Å². The van der Waals surface area contributed by atoms with Gasteiger partial charge in [0.15, 0.2) is 0 Å². The quantitative estimate of drug-likeness (QED) is 0.511. The first-order chi connectivity index (χ1) is 15.1. The Balaban J connectivity index is 1.28. The highest BCUT2D eigenvalue weighted by atomic mass is 16.3. The summed E-state index contributed by atoms with van der Waals surface area (Å²) in [7, 11) is 0. The van der Waals surface area contributed by atoms with Crippen molar-refractivity contribution in [2.45, 2.75) is 6.54 Å². The van der Waals surface area contributed by atoms with Crippen LogP contribution in [-0.4, -0.2) is 57.3 Å². The number of hydrogen-bond acceptors (Lipinski definition) is 5. The third-order valence-corrected chi connectivity index (χ3v) is 5.60. The number of benzene rings is 2. The Bertz CT molecular complexity index is 1330. The van der Waals surface area contributed by atoms with Crippen LogP contribution in [0.5, 0.6) is 0 Å². The van der Waals surface area contributed by atoms with Gasteiger partial charge in [-0.3, -0.25) is 19.0 Å². The van der Waals surface area contributed by atoms with E-state index in [4.69, 9.17) is 4.42 Å². The van der Waals surface area contributed by atoms with Crippen LogP contribution < -0.4 is 5.56 Å². The van der Waals surface area contributed by atoms with Gasteiger partial charge in [0.2, 0.25) is 11.5 Å². The zero-order valence-corrected chi connectivity index (χ0v) is 16.7. The molecule has 2 aromatic heterocycles. The first kappa shape index (κ1) is 19.0. The van der Waals surface area contributed by atoms with Crippen molar-refractivity contribution >= 4 is 33.9 Å². The van der Waals surface area contributed by atoms with Crippen LogP contribution in [0.25, 0.3) is 22.1 Å². The van der Waals surface area contributed by atoms with E-state index in [1.54, 1.807) is 28.0 Å². The van der Waals surface area contributed by atoms with Gasteiger partial charge >= 0.3 is 0 Å². The zero-order chi connectivity index (χ0) is 21.4. The van der Waals surface area contributed by atoms with E-state index in [2.05, 4.69) is 4.98 Å². The van der Waals surface area contributed by atoms with Crippen molar-refractivity contribution in [2.75, 3.05) is 26.2 Å². The molecule has 0 bridgehead atoms. The number of carbonyl (C=O) groups is 2. The Labute approximate surface area is 177 Å². The lowest BCUT2D eigenvalue weighted by molar-refractivity contribution is -0.133. The summed E-state index contributed by atoms with van der Waals surface area (Å²) >= 11 is 0. The summed E-state index contributed by atoms with van der Waals surface area (Å²) in [6.07, 6.45) is 1.39. The molecule has 0 aliphatic carbocycles. The molecule has 0 spiro atoms. The number of hydrogen-bond donors (Lipinski definition) is 0. The highest BCUT2D eigenvalue weighted by Gasteiger charge is 2.25. The van der Waals surface area contributed by atoms with Gasteiger partial charge in [0.25, 0.3) is 11.5 Å². The van der Waals surface area contributed by atoms with Crippen molar-refractivity contribution in [3.8, 4) is 0 Å². The van der Waals surface area contributed by atoms with Gasteiger partial charge < -0.3 is 14.2 Å². The van der Waals surface area contributed by atoms with Gasteiger partial charge in [-0.15, -0.1) is 0 Å². The summed E-state index contributed by atoms with van der Waals surface area (Å²) in [6.45, 7) is 1.63. The molecule has 5 rings (SSSR count). The largest absolute Gasteiger partial charge is 0.448 e. The molecule has 0 N–H and O–H groups in total. The summed E-state index contributed by atoms with van der Waals surface area (Å²) in [4.78, 5) is 45.9. The molecule has 2 aromatic carbocycles. The number of piperazine rings is 1. The smallest absolute Gasteiger partial charge is 0.297 e. The maximum Gasteiger partial charge on any atom is 0.297 e. The number of furan rings is 1. The van der Waals surface area contributed by atoms with Gasteiger partial charge in [0.05, 0.1) is 6.33 Å². The molecule has 2 amide bonds. The second-order valence-electron chi connectivity index (χ2n) is 7.49. The molecule has 1 fully saturated rings. The van der Waals surface area contributed by atoms with Gasteiger partial charge in [0.1, 0.15) is 17.6 Å². The average molecular weight is 416 g/mol. The van der Waals surface area contributed by atoms with E-state index in [1.807, 2.05) is 36.4 Å². The second-order valence-corrected chi connectivity index (χ2v) is 7.49. The highest BCUT2D eigenvalue weighted by Crippen LogP contribution is 2.24. The lowest BCUT2D eigenvalue weighted by atomic mass is 10.2. The van der Waals surface area contributed by atoms with Crippen molar-refractivity contribution in [3.63, 3.8) is 0 Å². The molecule has 3 heterocycles. The molecule has 8 heteroatoms. The molecule has 0 radical (unpaired) electrons. The predicted molar refractivity (Wildman–Crippen MR) is 115 cm³/mol. The minimum Gasteiger partial charge on any atom is -0.448 e. The number of aromatic nitrogens is 2. The molecule has 8 nitrogen and oxygen atoms in total. The third-order valence-electron chi connectivity index (χ3n) is 5.60. The Kier molecular flexibility index (Phi) is 4.74. The fourth-order valence-corrected chi connectivity index (χ4v) is 3.90. The molecule has 1 aliphatic rings. The number of fused-ring (bicyclic) bond motifs is 3. The molecule has 0 unspecified atom stereocenters. The monoisotopic (exact) mass is 416 g/mol. The molecule has 4 aromatic rings. The van der Waals surface area contributed by atoms with Gasteiger partial charge in [-0.1, -0.05) is 30.3 Å². The fourth-order valence-electron chi connectivity index (χ4n) is 3.90. The Morgan fingerprint density at radius 2 is 1.58 bits per heavy atom. The van der Waals surface area contributed by atoms with E-state index in [-0.39, 0.29) is 29.5 Å². The standard InChI is InChI=1S/C23H20N4O4/c28-19(25-10-12-26(13-11-25)22(29)16-6-2-1-3-7-16)14-27-15-24-20-17-8-4-5-9-18(17)31-21(20)23(27)30/h1-9,15H,10-14H2. The maximum absolute atomic E-state index is 12.8. The summed E-state index contributed by atoms with van der Waals surface area (Å²) in [5.74, 6) is -0.227. The van der Waals surface area contributed by atoms with Crippen molar-refractivity contribution in [1.29, 1.82) is 0 Å².